The number of aryl methyl sites for hydroxylation is 2. The number of hydrogen-bond donors (Lipinski definition) is 0. The number of pyridine rings is 1. The van der Waals surface area contributed by atoms with Crippen LogP contribution in [0.1, 0.15) is 11.1 Å². The summed E-state index contributed by atoms with van der Waals surface area (Å²) in [5, 5.41) is 9.91. The summed E-state index contributed by atoms with van der Waals surface area (Å²) in [4.78, 5) is 4.70. The Morgan fingerprint density at radius 3 is 1.91 bits per heavy atom. The standard InChI is InChI=1S/C31H21NO/c1-18-15-27(32-17-19(18)2)20-11-13-28-26(16-20)31-29(33-28)14-12-25-23-9-4-3-7-21(23)22-8-5-6-10-24(22)30(25)31/h3-17H,1-2H3. The second kappa shape index (κ2) is 6.66. The summed E-state index contributed by atoms with van der Waals surface area (Å²) in [5.74, 6) is 0. The van der Waals surface area contributed by atoms with Crippen molar-refractivity contribution >= 4 is 54.3 Å². The van der Waals surface area contributed by atoms with Gasteiger partial charge in [0.25, 0.3) is 0 Å². The Balaban J connectivity index is 1.67. The van der Waals surface area contributed by atoms with Crippen LogP contribution in [0.2, 0.25) is 0 Å². The summed E-state index contributed by atoms with van der Waals surface area (Å²) in [7, 11) is 0. The van der Waals surface area contributed by atoms with Crippen LogP contribution < -0.4 is 0 Å². The molecule has 0 amide bonds. The molecule has 7 aromatic rings. The van der Waals surface area contributed by atoms with Crippen LogP contribution in [-0.2, 0) is 0 Å². The van der Waals surface area contributed by atoms with Crippen LogP contribution in [0.5, 0.6) is 0 Å². The van der Waals surface area contributed by atoms with E-state index in [0.717, 1.165) is 27.8 Å². The molecule has 2 heteroatoms. The fraction of sp³-hybridized carbons (Fsp3) is 0.0645. The average molecular weight is 424 g/mol. The van der Waals surface area contributed by atoms with Gasteiger partial charge in [0.05, 0.1) is 5.69 Å². The summed E-state index contributed by atoms with van der Waals surface area (Å²) in [6.45, 7) is 4.23. The highest BCUT2D eigenvalue weighted by Gasteiger charge is 2.16. The maximum Gasteiger partial charge on any atom is 0.136 e. The van der Waals surface area contributed by atoms with Crippen LogP contribution in [0, 0.1) is 13.8 Å². The lowest BCUT2D eigenvalue weighted by Gasteiger charge is -2.11. The monoisotopic (exact) mass is 423 g/mol. The Morgan fingerprint density at radius 2 is 1.18 bits per heavy atom. The van der Waals surface area contributed by atoms with E-state index in [1.165, 1.54) is 48.8 Å². The Morgan fingerprint density at radius 1 is 0.545 bits per heavy atom. The zero-order valence-electron chi connectivity index (χ0n) is 18.5. The molecule has 0 aliphatic rings. The molecular formula is C31H21NO. The van der Waals surface area contributed by atoms with Gasteiger partial charge in [-0.15, -0.1) is 0 Å². The largest absolute Gasteiger partial charge is 0.456 e. The maximum atomic E-state index is 6.33. The molecule has 2 heterocycles. The summed E-state index contributed by atoms with van der Waals surface area (Å²) in [5.41, 5.74) is 6.38. The van der Waals surface area contributed by atoms with E-state index in [0.29, 0.717) is 0 Å². The molecule has 0 N–H and O–H groups in total. The van der Waals surface area contributed by atoms with Crippen LogP contribution in [0.4, 0.5) is 0 Å². The maximum absolute atomic E-state index is 6.33. The summed E-state index contributed by atoms with van der Waals surface area (Å²) in [6.07, 6.45) is 1.96. The van der Waals surface area contributed by atoms with Crippen LogP contribution in [0.25, 0.3) is 65.5 Å². The summed E-state index contributed by atoms with van der Waals surface area (Å²) >= 11 is 0. The summed E-state index contributed by atoms with van der Waals surface area (Å²) < 4.78 is 6.33. The number of fused-ring (bicyclic) bond motifs is 10. The van der Waals surface area contributed by atoms with Crippen molar-refractivity contribution in [3.05, 3.63) is 102 Å². The van der Waals surface area contributed by atoms with Crippen molar-refractivity contribution in [2.24, 2.45) is 0 Å². The molecule has 5 aromatic carbocycles. The van der Waals surface area contributed by atoms with Crippen molar-refractivity contribution in [1.82, 2.24) is 4.98 Å². The molecule has 0 fully saturated rings. The van der Waals surface area contributed by atoms with Crippen molar-refractivity contribution in [1.29, 1.82) is 0 Å². The first-order valence-corrected chi connectivity index (χ1v) is 11.3. The molecule has 0 aliphatic heterocycles. The van der Waals surface area contributed by atoms with Gasteiger partial charge in [-0.2, -0.15) is 0 Å². The molecule has 0 atom stereocenters. The lowest BCUT2D eigenvalue weighted by atomic mass is 9.91. The first-order chi connectivity index (χ1) is 16.2. The normalized spacial score (nSPS) is 11.9. The second-order valence-electron chi connectivity index (χ2n) is 8.92. The molecule has 156 valence electrons. The molecule has 0 spiro atoms. The van der Waals surface area contributed by atoms with E-state index in [1.54, 1.807) is 0 Å². The topological polar surface area (TPSA) is 26.0 Å². The third-order valence-electron chi connectivity index (χ3n) is 7.01. The van der Waals surface area contributed by atoms with Crippen molar-refractivity contribution in [3.8, 4) is 11.3 Å². The van der Waals surface area contributed by atoms with Crippen molar-refractivity contribution < 1.29 is 4.42 Å². The van der Waals surface area contributed by atoms with Crippen LogP contribution in [0.15, 0.2) is 95.5 Å². The predicted octanol–water partition coefficient (Wildman–Crippen LogP) is 8.72. The first kappa shape index (κ1) is 18.4. The van der Waals surface area contributed by atoms with E-state index in [2.05, 4.69) is 98.8 Å². The van der Waals surface area contributed by atoms with Crippen molar-refractivity contribution in [2.45, 2.75) is 13.8 Å². The Hall–Kier alpha value is -4.17. The minimum absolute atomic E-state index is 0.905. The molecule has 0 radical (unpaired) electrons. The lowest BCUT2D eigenvalue weighted by Crippen LogP contribution is -1.88. The number of aromatic nitrogens is 1. The van der Waals surface area contributed by atoms with Gasteiger partial charge in [0.1, 0.15) is 11.2 Å². The number of hydrogen-bond acceptors (Lipinski definition) is 2. The predicted molar refractivity (Wildman–Crippen MR) is 139 cm³/mol. The molecule has 0 bridgehead atoms. The second-order valence-corrected chi connectivity index (χ2v) is 8.92. The average Bonchev–Trinajstić information content (AvgIpc) is 3.23. The number of benzene rings is 5. The third-order valence-corrected chi connectivity index (χ3v) is 7.01. The smallest absolute Gasteiger partial charge is 0.136 e. The Kier molecular flexibility index (Phi) is 3.72. The van der Waals surface area contributed by atoms with E-state index in [-0.39, 0.29) is 0 Å². The van der Waals surface area contributed by atoms with E-state index in [4.69, 9.17) is 9.40 Å². The van der Waals surface area contributed by atoms with E-state index in [1.807, 2.05) is 6.20 Å². The van der Waals surface area contributed by atoms with Gasteiger partial charge < -0.3 is 4.42 Å². The van der Waals surface area contributed by atoms with Gasteiger partial charge in [-0.25, -0.2) is 0 Å². The van der Waals surface area contributed by atoms with E-state index in [9.17, 15) is 0 Å². The van der Waals surface area contributed by atoms with Crippen molar-refractivity contribution in [2.75, 3.05) is 0 Å². The van der Waals surface area contributed by atoms with Gasteiger partial charge in [0.2, 0.25) is 0 Å². The van der Waals surface area contributed by atoms with Crippen LogP contribution in [0.3, 0.4) is 0 Å². The first-order valence-electron chi connectivity index (χ1n) is 11.3. The van der Waals surface area contributed by atoms with Crippen molar-refractivity contribution in [3.63, 3.8) is 0 Å². The van der Waals surface area contributed by atoms with Crippen LogP contribution >= 0.6 is 0 Å². The SMILES string of the molecule is Cc1cnc(-c2ccc3oc4ccc5c6ccccc6c6ccccc6c5c4c3c2)cc1C. The minimum atomic E-state index is 0.905. The van der Waals surface area contributed by atoms with Gasteiger partial charge in [-0.3, -0.25) is 4.98 Å². The molecule has 0 unspecified atom stereocenters. The Bertz CT molecular complexity index is 1860. The molecular weight excluding hydrogens is 402 g/mol. The zero-order valence-corrected chi connectivity index (χ0v) is 18.5. The minimum Gasteiger partial charge on any atom is -0.456 e. The van der Waals surface area contributed by atoms with Gasteiger partial charge in [-0.1, -0.05) is 48.5 Å². The zero-order chi connectivity index (χ0) is 22.1. The quantitative estimate of drug-likeness (QED) is 0.247. The molecule has 0 saturated carbocycles. The van der Waals surface area contributed by atoms with E-state index >= 15 is 0 Å². The fourth-order valence-corrected chi connectivity index (χ4v) is 5.20. The number of rotatable bonds is 1. The summed E-state index contributed by atoms with van der Waals surface area (Å²) in [6, 6.07) is 30.3. The highest BCUT2D eigenvalue weighted by atomic mass is 16.3. The van der Waals surface area contributed by atoms with Crippen LogP contribution in [-0.4, -0.2) is 4.98 Å². The molecule has 2 nitrogen and oxygen atoms in total. The fourth-order valence-electron chi connectivity index (χ4n) is 5.20. The molecule has 7 rings (SSSR count). The highest BCUT2D eigenvalue weighted by Crippen LogP contribution is 2.42. The number of furan rings is 1. The van der Waals surface area contributed by atoms with Gasteiger partial charge in [-0.05, 0) is 88.3 Å². The van der Waals surface area contributed by atoms with Gasteiger partial charge in [0, 0.05) is 27.9 Å². The highest BCUT2D eigenvalue weighted by molar-refractivity contribution is 6.34. The third kappa shape index (κ3) is 2.58. The van der Waals surface area contributed by atoms with E-state index < -0.39 is 0 Å². The molecule has 0 aliphatic carbocycles. The molecule has 33 heavy (non-hydrogen) atoms. The lowest BCUT2D eigenvalue weighted by molar-refractivity contribution is 0.669. The number of nitrogens with zero attached hydrogens (tertiary/aromatic N) is 1. The van der Waals surface area contributed by atoms with Gasteiger partial charge in [0.15, 0.2) is 0 Å². The van der Waals surface area contributed by atoms with Gasteiger partial charge >= 0.3 is 0 Å². The Labute approximate surface area is 191 Å². The molecule has 0 saturated heterocycles. The molecule has 2 aromatic heterocycles.